The van der Waals surface area contributed by atoms with Crippen molar-refractivity contribution in [2.24, 2.45) is 11.3 Å². The summed E-state index contributed by atoms with van der Waals surface area (Å²) in [5, 5.41) is 16.1. The average molecular weight is 500 g/mol. The van der Waals surface area contributed by atoms with Gasteiger partial charge in [0.2, 0.25) is 5.82 Å². The summed E-state index contributed by atoms with van der Waals surface area (Å²) in [6, 6.07) is 13.9. The first-order chi connectivity index (χ1) is 17.1. The molecule has 0 radical (unpaired) electrons. The molecule has 6 nitrogen and oxygen atoms in total. The Kier molecular flexibility index (Phi) is 5.84. The van der Waals surface area contributed by atoms with Gasteiger partial charge in [0, 0.05) is 18.3 Å². The Labute approximate surface area is 204 Å². The van der Waals surface area contributed by atoms with Crippen molar-refractivity contribution in [3.63, 3.8) is 0 Å². The largest absolute Gasteiger partial charge is 0.507 e. The Morgan fingerprint density at radius 1 is 1.06 bits per heavy atom. The molecule has 2 bridgehead atoms. The molecular formula is C26H24F4N4O2. The van der Waals surface area contributed by atoms with Crippen LogP contribution in [-0.4, -0.2) is 33.1 Å². The SMILES string of the molecule is O=C(NCC(Cc1ccc(F)cc1)C12CC(Nc3ccnc(C(F)(F)F)n3)(C1)C2)c1ccccc1O. The molecule has 1 unspecified atom stereocenters. The van der Waals surface area contributed by atoms with Crippen LogP contribution >= 0.6 is 0 Å². The summed E-state index contributed by atoms with van der Waals surface area (Å²) in [5.41, 5.74) is 0.640. The number of hydrogen-bond acceptors (Lipinski definition) is 5. The summed E-state index contributed by atoms with van der Waals surface area (Å²) < 4.78 is 52.3. The van der Waals surface area contributed by atoms with Crippen molar-refractivity contribution in [2.75, 3.05) is 11.9 Å². The second-order valence-electron chi connectivity index (χ2n) is 9.82. The lowest BCUT2D eigenvalue weighted by atomic mass is 9.35. The highest BCUT2D eigenvalue weighted by Gasteiger charge is 2.70. The zero-order valence-corrected chi connectivity index (χ0v) is 19.1. The van der Waals surface area contributed by atoms with Crippen LogP contribution < -0.4 is 10.6 Å². The number of phenolic OH excluding ortho intramolecular Hbond substituents is 1. The quantitative estimate of drug-likeness (QED) is 0.381. The molecule has 0 spiro atoms. The van der Waals surface area contributed by atoms with Gasteiger partial charge in [-0.15, -0.1) is 0 Å². The second-order valence-corrected chi connectivity index (χ2v) is 9.82. The highest BCUT2D eigenvalue weighted by atomic mass is 19.4. The first-order valence-corrected chi connectivity index (χ1v) is 11.6. The van der Waals surface area contributed by atoms with Crippen LogP contribution in [0.15, 0.2) is 60.8 Å². The van der Waals surface area contributed by atoms with Crippen LogP contribution in [0.25, 0.3) is 0 Å². The minimum atomic E-state index is -4.62. The smallest absolute Gasteiger partial charge is 0.451 e. The van der Waals surface area contributed by atoms with Crippen LogP contribution in [0.2, 0.25) is 0 Å². The zero-order chi connectivity index (χ0) is 25.6. The first kappa shape index (κ1) is 24.0. The fraction of sp³-hybridized carbons (Fsp3) is 0.346. The van der Waals surface area contributed by atoms with Crippen LogP contribution in [0.5, 0.6) is 5.75 Å². The van der Waals surface area contributed by atoms with Crippen molar-refractivity contribution in [2.45, 2.75) is 37.4 Å². The van der Waals surface area contributed by atoms with Gasteiger partial charge < -0.3 is 15.7 Å². The molecule has 3 N–H and O–H groups in total. The molecule has 3 aliphatic rings. The van der Waals surface area contributed by atoms with Crippen LogP contribution in [0.3, 0.4) is 0 Å². The van der Waals surface area contributed by atoms with Gasteiger partial charge in [0.05, 0.1) is 5.56 Å². The number of carbonyl (C=O) groups excluding carboxylic acids is 1. The number of phenols is 1. The van der Waals surface area contributed by atoms with Gasteiger partial charge in [-0.3, -0.25) is 4.79 Å². The standard InChI is InChI=1S/C26H24F4N4O2/c27-18-7-5-16(6-8-18)11-17(12-32-22(36)19-3-1-2-4-20(19)35)24-13-25(14-24,15-24)34-21-9-10-31-23(33-21)26(28,29)30/h1-10,17,35H,11-15H2,(H,32,36)(H,31,33,34). The molecule has 3 aliphatic carbocycles. The van der Waals surface area contributed by atoms with Gasteiger partial charge >= 0.3 is 6.18 Å². The van der Waals surface area contributed by atoms with Crippen molar-refractivity contribution in [1.29, 1.82) is 0 Å². The number of benzene rings is 2. The summed E-state index contributed by atoms with van der Waals surface area (Å²) >= 11 is 0. The maximum Gasteiger partial charge on any atom is 0.451 e. The monoisotopic (exact) mass is 500 g/mol. The molecule has 0 aliphatic heterocycles. The highest BCUT2D eigenvalue weighted by molar-refractivity contribution is 5.96. The molecule has 10 heteroatoms. The lowest BCUT2D eigenvalue weighted by molar-refractivity contribution is -0.158. The van der Waals surface area contributed by atoms with Gasteiger partial charge in [0.15, 0.2) is 0 Å². The molecule has 3 saturated carbocycles. The number of anilines is 1. The number of rotatable bonds is 8. The number of aromatic hydroxyl groups is 1. The number of nitrogens with one attached hydrogen (secondary N) is 2. The number of alkyl halides is 3. The minimum Gasteiger partial charge on any atom is -0.507 e. The van der Waals surface area contributed by atoms with Crippen LogP contribution in [-0.2, 0) is 12.6 Å². The van der Waals surface area contributed by atoms with E-state index >= 15 is 0 Å². The van der Waals surface area contributed by atoms with E-state index in [0.717, 1.165) is 11.8 Å². The van der Waals surface area contributed by atoms with Crippen molar-refractivity contribution < 1.29 is 27.5 Å². The maximum atomic E-state index is 13.4. The number of amides is 1. The fourth-order valence-electron chi connectivity index (χ4n) is 5.66. The van der Waals surface area contributed by atoms with Crippen LogP contribution in [0.4, 0.5) is 23.4 Å². The van der Waals surface area contributed by atoms with Crippen molar-refractivity contribution in [3.8, 4) is 5.75 Å². The topological polar surface area (TPSA) is 87.1 Å². The Balaban J connectivity index is 1.28. The summed E-state index contributed by atoms with van der Waals surface area (Å²) in [6.45, 7) is 0.340. The van der Waals surface area contributed by atoms with E-state index in [4.69, 9.17) is 0 Å². The molecule has 6 rings (SSSR count). The minimum absolute atomic E-state index is 0.0116. The van der Waals surface area contributed by atoms with Gasteiger partial charge in [-0.05, 0) is 72.9 Å². The zero-order valence-electron chi connectivity index (χ0n) is 19.1. The Hall–Kier alpha value is -3.69. The number of nitrogens with zero attached hydrogens (tertiary/aromatic N) is 2. The third-order valence-corrected chi connectivity index (χ3v) is 7.29. The summed E-state index contributed by atoms with van der Waals surface area (Å²) in [4.78, 5) is 19.6. The van der Waals surface area contributed by atoms with Crippen molar-refractivity contribution in [3.05, 3.63) is 83.6 Å². The molecular weight excluding hydrogens is 476 g/mol. The molecule has 0 saturated heterocycles. The molecule has 3 aromatic rings. The Bertz CT molecular complexity index is 1260. The predicted octanol–water partition coefficient (Wildman–Crippen LogP) is 4.96. The summed E-state index contributed by atoms with van der Waals surface area (Å²) in [6.07, 6.45) is -0.796. The van der Waals surface area contributed by atoms with E-state index in [9.17, 15) is 27.5 Å². The molecule has 3 fully saturated rings. The van der Waals surface area contributed by atoms with Gasteiger partial charge in [0.25, 0.3) is 5.91 Å². The molecule has 2 aromatic carbocycles. The van der Waals surface area contributed by atoms with E-state index in [-0.39, 0.29) is 39.8 Å². The lowest BCUT2D eigenvalue weighted by Gasteiger charge is -2.73. The summed E-state index contributed by atoms with van der Waals surface area (Å²) in [7, 11) is 0. The maximum absolute atomic E-state index is 13.4. The van der Waals surface area contributed by atoms with E-state index in [1.807, 2.05) is 0 Å². The molecule has 1 atom stereocenters. The van der Waals surface area contributed by atoms with E-state index < -0.39 is 17.9 Å². The van der Waals surface area contributed by atoms with Crippen molar-refractivity contribution >= 4 is 11.7 Å². The average Bonchev–Trinajstić information content (AvgIpc) is 2.79. The number of hydrogen-bond donors (Lipinski definition) is 3. The third-order valence-electron chi connectivity index (χ3n) is 7.29. The Morgan fingerprint density at radius 2 is 1.75 bits per heavy atom. The lowest BCUT2D eigenvalue weighted by Crippen LogP contribution is -2.74. The third kappa shape index (κ3) is 4.59. The van der Waals surface area contributed by atoms with Crippen molar-refractivity contribution in [1.82, 2.24) is 15.3 Å². The number of halogens is 4. The molecule has 1 heterocycles. The molecule has 188 valence electrons. The van der Waals surface area contributed by atoms with Gasteiger partial charge in [-0.25, -0.2) is 14.4 Å². The normalized spacial score (nSPS) is 23.2. The molecule has 1 amide bonds. The van der Waals surface area contributed by atoms with Crippen LogP contribution in [0, 0.1) is 17.2 Å². The second kappa shape index (κ2) is 8.76. The predicted molar refractivity (Wildman–Crippen MR) is 124 cm³/mol. The number of para-hydroxylation sites is 1. The van der Waals surface area contributed by atoms with Gasteiger partial charge in [0.1, 0.15) is 17.4 Å². The van der Waals surface area contributed by atoms with E-state index in [1.165, 1.54) is 30.3 Å². The number of carbonyl (C=O) groups is 1. The fourth-order valence-corrected chi connectivity index (χ4v) is 5.66. The van der Waals surface area contributed by atoms with Crippen LogP contribution in [0.1, 0.15) is 41.0 Å². The van der Waals surface area contributed by atoms with E-state index in [2.05, 4.69) is 20.6 Å². The summed E-state index contributed by atoms with van der Waals surface area (Å²) in [5.74, 6) is -1.87. The van der Waals surface area contributed by atoms with E-state index in [0.29, 0.717) is 32.2 Å². The van der Waals surface area contributed by atoms with E-state index in [1.54, 1.807) is 24.3 Å². The highest BCUT2D eigenvalue weighted by Crippen LogP contribution is 2.71. The molecule has 1 aromatic heterocycles. The van der Waals surface area contributed by atoms with Gasteiger partial charge in [-0.2, -0.15) is 13.2 Å². The Morgan fingerprint density at radius 3 is 2.42 bits per heavy atom. The first-order valence-electron chi connectivity index (χ1n) is 11.6. The molecule has 36 heavy (non-hydrogen) atoms. The number of aromatic nitrogens is 2. The van der Waals surface area contributed by atoms with Gasteiger partial charge in [-0.1, -0.05) is 24.3 Å².